The van der Waals surface area contributed by atoms with Gasteiger partial charge in [-0.1, -0.05) is 41.1 Å². The van der Waals surface area contributed by atoms with E-state index in [2.05, 4.69) is 10.3 Å². The fraction of sp³-hybridized carbons (Fsp3) is 0.167. The van der Waals surface area contributed by atoms with Gasteiger partial charge in [0.1, 0.15) is 4.90 Å². The van der Waals surface area contributed by atoms with Crippen molar-refractivity contribution in [2.45, 2.75) is 23.9 Å². The summed E-state index contributed by atoms with van der Waals surface area (Å²) in [5, 5.41) is 11.6. The normalized spacial score (nSPS) is 13.2. The van der Waals surface area contributed by atoms with E-state index < -0.39 is 38.6 Å². The van der Waals surface area contributed by atoms with Crippen molar-refractivity contribution >= 4 is 15.9 Å². The number of primary amides is 1. The van der Waals surface area contributed by atoms with E-state index in [0.717, 1.165) is 11.6 Å². The van der Waals surface area contributed by atoms with Crippen LogP contribution in [0.2, 0.25) is 0 Å². The predicted octanol–water partition coefficient (Wildman–Crippen LogP) is 1.86. The highest BCUT2D eigenvalue weighted by Crippen LogP contribution is 2.31. The van der Waals surface area contributed by atoms with Crippen molar-refractivity contribution in [2.24, 2.45) is 10.9 Å². The van der Waals surface area contributed by atoms with E-state index in [1.165, 1.54) is 12.1 Å². The number of amides is 1. The lowest BCUT2D eigenvalue weighted by atomic mass is 9.90. The number of alkyl halides is 3. The Morgan fingerprint density at radius 2 is 1.70 bits per heavy atom. The Hall–Kier alpha value is -3.25. The standard InChI is InChI=1S/C18H16F3N5O3S/c1-10-2-4-11(5-3-10)16(17(22)27)12-6-7-13(14(8-12)30(23,28)29)26-9-15(24-25-26)18(19,20)21/h2-9,16H,1H3,(H2,22,27)(H2,23,28,29). The monoisotopic (exact) mass is 439 g/mol. The third kappa shape index (κ3) is 4.33. The minimum atomic E-state index is -4.76. The van der Waals surface area contributed by atoms with Crippen molar-refractivity contribution < 1.29 is 26.4 Å². The van der Waals surface area contributed by atoms with Crippen LogP contribution in [-0.4, -0.2) is 29.3 Å². The van der Waals surface area contributed by atoms with Crippen LogP contribution in [0.1, 0.15) is 28.3 Å². The Morgan fingerprint density at radius 3 is 2.20 bits per heavy atom. The first-order valence-electron chi connectivity index (χ1n) is 8.40. The van der Waals surface area contributed by atoms with Gasteiger partial charge in [-0.05, 0) is 30.2 Å². The van der Waals surface area contributed by atoms with Gasteiger partial charge in [0.05, 0.1) is 17.8 Å². The zero-order chi connectivity index (χ0) is 22.3. The summed E-state index contributed by atoms with van der Waals surface area (Å²) in [7, 11) is -4.40. The van der Waals surface area contributed by atoms with Crippen LogP contribution in [0.25, 0.3) is 5.69 Å². The molecule has 0 bridgehead atoms. The van der Waals surface area contributed by atoms with Gasteiger partial charge in [0.15, 0.2) is 5.69 Å². The van der Waals surface area contributed by atoms with E-state index in [1.807, 2.05) is 6.92 Å². The number of primary sulfonamides is 1. The average Bonchev–Trinajstić information content (AvgIpc) is 3.13. The Labute approximate surface area is 169 Å². The minimum Gasteiger partial charge on any atom is -0.369 e. The van der Waals surface area contributed by atoms with E-state index in [9.17, 15) is 26.4 Å². The van der Waals surface area contributed by atoms with Gasteiger partial charge >= 0.3 is 6.18 Å². The van der Waals surface area contributed by atoms with Gasteiger partial charge < -0.3 is 5.73 Å². The zero-order valence-corrected chi connectivity index (χ0v) is 16.3. The van der Waals surface area contributed by atoms with Crippen LogP contribution < -0.4 is 10.9 Å². The topological polar surface area (TPSA) is 134 Å². The SMILES string of the molecule is Cc1ccc(C(C(N)=O)c2ccc(-n3cc(C(F)(F)F)nn3)c(S(N)(=O)=O)c2)cc1. The molecule has 0 spiro atoms. The van der Waals surface area contributed by atoms with Gasteiger partial charge in [0, 0.05) is 0 Å². The Balaban J connectivity index is 2.16. The third-order valence-corrected chi connectivity index (χ3v) is 5.29. The van der Waals surface area contributed by atoms with Crippen molar-refractivity contribution in [3.8, 4) is 5.69 Å². The molecule has 0 radical (unpaired) electrons. The van der Waals surface area contributed by atoms with Crippen LogP contribution in [0.5, 0.6) is 0 Å². The molecule has 1 atom stereocenters. The van der Waals surface area contributed by atoms with Gasteiger partial charge in [-0.3, -0.25) is 4.79 Å². The van der Waals surface area contributed by atoms with E-state index in [4.69, 9.17) is 10.9 Å². The molecular weight excluding hydrogens is 423 g/mol. The summed E-state index contributed by atoms with van der Waals surface area (Å²) in [5.74, 6) is -1.74. The number of nitrogens with zero attached hydrogens (tertiary/aromatic N) is 3. The van der Waals surface area contributed by atoms with Crippen molar-refractivity contribution in [3.05, 3.63) is 71.0 Å². The van der Waals surface area contributed by atoms with Crippen LogP contribution in [0.4, 0.5) is 13.2 Å². The van der Waals surface area contributed by atoms with Crippen molar-refractivity contribution in [2.75, 3.05) is 0 Å². The van der Waals surface area contributed by atoms with Crippen molar-refractivity contribution in [3.63, 3.8) is 0 Å². The summed E-state index contributed by atoms with van der Waals surface area (Å²) in [4.78, 5) is 11.6. The molecule has 3 aromatic rings. The van der Waals surface area contributed by atoms with E-state index in [-0.39, 0.29) is 11.3 Å². The number of nitrogens with two attached hydrogens (primary N) is 2. The van der Waals surface area contributed by atoms with E-state index in [1.54, 1.807) is 24.3 Å². The lowest BCUT2D eigenvalue weighted by molar-refractivity contribution is -0.141. The molecule has 4 N–H and O–H groups in total. The van der Waals surface area contributed by atoms with Crippen LogP contribution >= 0.6 is 0 Å². The minimum absolute atomic E-state index is 0.204. The maximum Gasteiger partial charge on any atom is 0.436 e. The number of rotatable bonds is 5. The molecule has 8 nitrogen and oxygen atoms in total. The molecule has 0 fully saturated rings. The molecule has 1 unspecified atom stereocenters. The summed E-state index contributed by atoms with van der Waals surface area (Å²) in [5.41, 5.74) is 5.63. The third-order valence-electron chi connectivity index (χ3n) is 4.35. The molecule has 0 aliphatic heterocycles. The van der Waals surface area contributed by atoms with Crippen LogP contribution in [0.3, 0.4) is 0 Å². The number of halogens is 3. The molecule has 2 aromatic carbocycles. The molecule has 0 saturated heterocycles. The number of carbonyl (C=O) groups is 1. The summed E-state index contributed by atoms with van der Waals surface area (Å²) < 4.78 is 63.4. The van der Waals surface area contributed by atoms with E-state index >= 15 is 0 Å². The van der Waals surface area contributed by atoms with Gasteiger partial charge in [-0.15, -0.1) is 5.10 Å². The largest absolute Gasteiger partial charge is 0.436 e. The highest BCUT2D eigenvalue weighted by atomic mass is 32.2. The van der Waals surface area contributed by atoms with Gasteiger partial charge in [0.2, 0.25) is 15.9 Å². The molecule has 0 aliphatic carbocycles. The first kappa shape index (κ1) is 21.5. The molecular formula is C18H16F3N5O3S. The second-order valence-electron chi connectivity index (χ2n) is 6.56. The summed E-state index contributed by atoms with van der Waals surface area (Å²) >= 11 is 0. The number of benzene rings is 2. The average molecular weight is 439 g/mol. The molecule has 1 amide bonds. The molecule has 30 heavy (non-hydrogen) atoms. The summed E-state index contributed by atoms with van der Waals surface area (Å²) in [6.07, 6.45) is -4.22. The number of carbonyl (C=O) groups excluding carboxylic acids is 1. The molecule has 12 heteroatoms. The number of aryl methyl sites for hydroxylation is 1. The van der Waals surface area contributed by atoms with Gasteiger partial charge in [-0.2, -0.15) is 13.2 Å². The summed E-state index contributed by atoms with van der Waals surface area (Å²) in [6.45, 7) is 1.85. The Morgan fingerprint density at radius 1 is 1.10 bits per heavy atom. The lowest BCUT2D eigenvalue weighted by Crippen LogP contribution is -2.23. The van der Waals surface area contributed by atoms with Crippen LogP contribution in [0.15, 0.2) is 53.6 Å². The Kier molecular flexibility index (Phi) is 5.39. The second-order valence-corrected chi connectivity index (χ2v) is 8.09. The quantitative estimate of drug-likeness (QED) is 0.626. The smallest absolute Gasteiger partial charge is 0.369 e. The molecule has 158 valence electrons. The van der Waals surface area contributed by atoms with Crippen molar-refractivity contribution in [1.82, 2.24) is 15.0 Å². The maximum atomic E-state index is 12.8. The lowest BCUT2D eigenvalue weighted by Gasteiger charge is -2.17. The molecule has 0 aliphatic rings. The van der Waals surface area contributed by atoms with Crippen LogP contribution in [0, 0.1) is 6.92 Å². The second kappa shape index (κ2) is 7.54. The predicted molar refractivity (Wildman–Crippen MR) is 100.0 cm³/mol. The maximum absolute atomic E-state index is 12.8. The fourth-order valence-electron chi connectivity index (χ4n) is 2.92. The van der Waals surface area contributed by atoms with Crippen molar-refractivity contribution in [1.29, 1.82) is 0 Å². The summed E-state index contributed by atoms with van der Waals surface area (Å²) in [6, 6.07) is 10.5. The van der Waals surface area contributed by atoms with Gasteiger partial charge in [0.25, 0.3) is 0 Å². The Bertz CT molecular complexity index is 1200. The zero-order valence-electron chi connectivity index (χ0n) is 15.5. The first-order chi connectivity index (χ1) is 13.9. The molecule has 0 saturated carbocycles. The molecule has 3 rings (SSSR count). The first-order valence-corrected chi connectivity index (χ1v) is 9.95. The number of hydrogen-bond acceptors (Lipinski definition) is 5. The number of aromatic nitrogens is 3. The number of sulfonamides is 1. The molecule has 1 aromatic heterocycles. The molecule has 1 heterocycles. The number of hydrogen-bond donors (Lipinski definition) is 2. The highest BCUT2D eigenvalue weighted by molar-refractivity contribution is 7.89. The fourth-order valence-corrected chi connectivity index (χ4v) is 3.67. The van der Waals surface area contributed by atoms with E-state index in [0.29, 0.717) is 16.4 Å². The highest BCUT2D eigenvalue weighted by Gasteiger charge is 2.35. The van der Waals surface area contributed by atoms with Gasteiger partial charge in [-0.25, -0.2) is 18.2 Å². The van der Waals surface area contributed by atoms with Crippen LogP contribution in [-0.2, 0) is 21.0 Å².